The van der Waals surface area contributed by atoms with Gasteiger partial charge in [-0.25, -0.2) is 4.98 Å². The molecular formula is C12H20N4O2. The van der Waals surface area contributed by atoms with Crippen LogP contribution in [-0.2, 0) is 17.8 Å². The number of nitrogens with one attached hydrogen (secondary N) is 2. The number of hydrogen-bond acceptors (Lipinski definition) is 4. The Morgan fingerprint density at radius 2 is 2.39 bits per heavy atom. The number of H-pyrrole nitrogens is 1. The minimum atomic E-state index is -0.551. The van der Waals surface area contributed by atoms with Crippen molar-refractivity contribution in [2.75, 3.05) is 13.7 Å². The van der Waals surface area contributed by atoms with Crippen LogP contribution < -0.4 is 5.32 Å². The molecule has 3 N–H and O–H groups in total. The zero-order valence-corrected chi connectivity index (χ0v) is 11.0. The van der Waals surface area contributed by atoms with E-state index in [1.165, 1.54) is 0 Å². The molecule has 6 nitrogen and oxygen atoms in total. The summed E-state index contributed by atoms with van der Waals surface area (Å²) in [5, 5.41) is 12.5. The van der Waals surface area contributed by atoms with Crippen LogP contribution in [0.3, 0.4) is 0 Å². The van der Waals surface area contributed by atoms with E-state index in [2.05, 4.69) is 15.3 Å². The number of amides is 1. The fourth-order valence-corrected chi connectivity index (χ4v) is 1.98. The van der Waals surface area contributed by atoms with Crippen LogP contribution in [0.1, 0.15) is 25.2 Å². The van der Waals surface area contributed by atoms with E-state index in [1.54, 1.807) is 18.3 Å². The summed E-state index contributed by atoms with van der Waals surface area (Å²) in [7, 11) is 1.72. The summed E-state index contributed by atoms with van der Waals surface area (Å²) in [5.41, 5.74) is 1.44. The van der Waals surface area contributed by atoms with Crippen LogP contribution in [0, 0.1) is 0 Å². The van der Waals surface area contributed by atoms with E-state index in [1.807, 2.05) is 13.8 Å². The van der Waals surface area contributed by atoms with Crippen molar-refractivity contribution in [1.29, 1.82) is 0 Å². The first-order valence-corrected chi connectivity index (χ1v) is 6.09. The van der Waals surface area contributed by atoms with Gasteiger partial charge in [0.25, 0.3) is 0 Å². The van der Waals surface area contributed by atoms with Crippen LogP contribution in [0.4, 0.5) is 0 Å². The molecule has 0 bridgehead atoms. The molecule has 1 amide bonds. The minimum Gasteiger partial charge on any atom is -0.394 e. The molecule has 1 aliphatic heterocycles. The number of imidazole rings is 1. The summed E-state index contributed by atoms with van der Waals surface area (Å²) in [4.78, 5) is 21.2. The minimum absolute atomic E-state index is 0.0114. The van der Waals surface area contributed by atoms with E-state index in [9.17, 15) is 9.90 Å². The molecule has 1 aromatic heterocycles. The first-order valence-electron chi connectivity index (χ1n) is 6.09. The third-order valence-electron chi connectivity index (χ3n) is 3.65. The Morgan fingerprint density at radius 1 is 1.67 bits per heavy atom. The highest BCUT2D eigenvalue weighted by Gasteiger charge is 2.33. The second-order valence-electron chi connectivity index (χ2n) is 5.33. The lowest BCUT2D eigenvalue weighted by atomic mass is 10.00. The molecule has 1 aliphatic rings. The van der Waals surface area contributed by atoms with Crippen LogP contribution in [0.15, 0.2) is 6.33 Å². The van der Waals surface area contributed by atoms with Crippen LogP contribution in [0.5, 0.6) is 0 Å². The monoisotopic (exact) mass is 252 g/mol. The van der Waals surface area contributed by atoms with Crippen molar-refractivity contribution in [1.82, 2.24) is 20.2 Å². The highest BCUT2D eigenvalue weighted by molar-refractivity contribution is 5.83. The van der Waals surface area contributed by atoms with Gasteiger partial charge in [-0.1, -0.05) is 0 Å². The van der Waals surface area contributed by atoms with Crippen molar-refractivity contribution >= 4 is 5.91 Å². The molecule has 0 spiro atoms. The number of aromatic nitrogens is 2. The van der Waals surface area contributed by atoms with Gasteiger partial charge in [-0.3, -0.25) is 10.1 Å². The maximum absolute atomic E-state index is 12.3. The van der Waals surface area contributed by atoms with Gasteiger partial charge in [0.05, 0.1) is 35.9 Å². The molecule has 2 rings (SSSR count). The van der Waals surface area contributed by atoms with E-state index in [4.69, 9.17) is 0 Å². The number of nitrogens with zero attached hydrogens (tertiary/aromatic N) is 2. The molecule has 6 heteroatoms. The van der Waals surface area contributed by atoms with Crippen molar-refractivity contribution in [2.24, 2.45) is 0 Å². The normalized spacial score (nSPS) is 19.4. The van der Waals surface area contributed by atoms with Crippen molar-refractivity contribution < 1.29 is 9.90 Å². The summed E-state index contributed by atoms with van der Waals surface area (Å²) in [5.74, 6) is -0.0114. The van der Waals surface area contributed by atoms with Crippen molar-refractivity contribution in [3.05, 3.63) is 17.7 Å². The molecule has 0 aliphatic carbocycles. The Morgan fingerprint density at radius 3 is 3.06 bits per heavy atom. The first kappa shape index (κ1) is 13.0. The maximum atomic E-state index is 12.3. The third-order valence-corrected chi connectivity index (χ3v) is 3.65. The third kappa shape index (κ3) is 2.26. The molecule has 0 saturated heterocycles. The quantitative estimate of drug-likeness (QED) is 0.687. The number of aromatic amines is 1. The van der Waals surface area contributed by atoms with Gasteiger partial charge in [0.2, 0.25) is 5.91 Å². The van der Waals surface area contributed by atoms with Gasteiger partial charge in [0.15, 0.2) is 0 Å². The zero-order valence-electron chi connectivity index (χ0n) is 11.0. The van der Waals surface area contributed by atoms with Crippen LogP contribution in [-0.4, -0.2) is 51.1 Å². The predicted molar refractivity (Wildman–Crippen MR) is 66.9 cm³/mol. The molecular weight excluding hydrogens is 232 g/mol. The molecule has 0 fully saturated rings. The summed E-state index contributed by atoms with van der Waals surface area (Å²) >= 11 is 0. The van der Waals surface area contributed by atoms with Crippen LogP contribution in [0.2, 0.25) is 0 Å². The van der Waals surface area contributed by atoms with Crippen molar-refractivity contribution in [3.63, 3.8) is 0 Å². The lowest BCUT2D eigenvalue weighted by Gasteiger charge is -2.37. The van der Waals surface area contributed by atoms with E-state index >= 15 is 0 Å². The van der Waals surface area contributed by atoms with Crippen LogP contribution in [0.25, 0.3) is 0 Å². The van der Waals surface area contributed by atoms with Gasteiger partial charge >= 0.3 is 0 Å². The largest absolute Gasteiger partial charge is 0.394 e. The lowest BCUT2D eigenvalue weighted by Crippen LogP contribution is -2.55. The fraction of sp³-hybridized carbons (Fsp3) is 0.667. The van der Waals surface area contributed by atoms with Crippen LogP contribution >= 0.6 is 0 Å². The molecule has 0 radical (unpaired) electrons. The number of fused-ring (bicyclic) bond motifs is 1. The first-order chi connectivity index (χ1) is 8.45. The van der Waals surface area contributed by atoms with Gasteiger partial charge in [-0.15, -0.1) is 0 Å². The molecule has 1 aromatic rings. The topological polar surface area (TPSA) is 81.2 Å². The average Bonchev–Trinajstić information content (AvgIpc) is 2.84. The molecule has 0 aromatic carbocycles. The maximum Gasteiger partial charge on any atom is 0.240 e. The standard InChI is InChI=1S/C12H20N4O2/c1-12(2,6-17)16(3)11(18)9-4-8-10(5-13-9)15-7-14-8/h7,9,13,17H,4-6H2,1-3H3,(H,14,15). The fourth-order valence-electron chi connectivity index (χ4n) is 1.98. The number of carbonyl (C=O) groups excluding carboxylic acids is 1. The number of hydrogen-bond donors (Lipinski definition) is 3. The van der Waals surface area contributed by atoms with Gasteiger partial charge in [-0.2, -0.15) is 0 Å². The molecule has 18 heavy (non-hydrogen) atoms. The van der Waals surface area contributed by atoms with E-state index in [-0.39, 0.29) is 18.6 Å². The van der Waals surface area contributed by atoms with Gasteiger partial charge in [0, 0.05) is 20.0 Å². The smallest absolute Gasteiger partial charge is 0.240 e. The summed E-state index contributed by atoms with van der Waals surface area (Å²) < 4.78 is 0. The molecule has 2 heterocycles. The molecule has 1 unspecified atom stereocenters. The Labute approximate surface area is 106 Å². The second-order valence-corrected chi connectivity index (χ2v) is 5.33. The highest BCUT2D eigenvalue weighted by Crippen LogP contribution is 2.17. The number of aliphatic hydroxyl groups is 1. The molecule has 1 atom stereocenters. The zero-order chi connectivity index (χ0) is 13.3. The molecule has 100 valence electrons. The number of rotatable bonds is 3. The highest BCUT2D eigenvalue weighted by atomic mass is 16.3. The summed E-state index contributed by atoms with van der Waals surface area (Å²) in [6, 6.07) is -0.267. The average molecular weight is 252 g/mol. The van der Waals surface area contributed by atoms with Gasteiger partial charge in [-0.05, 0) is 13.8 Å². The van der Waals surface area contributed by atoms with E-state index < -0.39 is 5.54 Å². The summed E-state index contributed by atoms with van der Waals surface area (Å²) in [6.07, 6.45) is 2.24. The second kappa shape index (κ2) is 4.70. The Hall–Kier alpha value is -1.40. The number of carbonyl (C=O) groups is 1. The van der Waals surface area contributed by atoms with Gasteiger partial charge in [0.1, 0.15) is 0 Å². The van der Waals surface area contributed by atoms with Crippen molar-refractivity contribution in [3.8, 4) is 0 Å². The summed E-state index contributed by atoms with van der Waals surface area (Å²) in [6.45, 7) is 4.25. The Kier molecular flexibility index (Phi) is 3.41. The van der Waals surface area contributed by atoms with Gasteiger partial charge < -0.3 is 15.0 Å². The predicted octanol–water partition coefficient (Wildman–Crippen LogP) is -0.347. The molecule has 0 saturated carbocycles. The Balaban J connectivity index is 2.08. The Bertz CT molecular complexity index is 441. The number of likely N-dealkylation sites (N-methyl/N-ethyl adjacent to an activating group) is 1. The van der Waals surface area contributed by atoms with Crippen molar-refractivity contribution in [2.45, 2.75) is 38.4 Å². The SMILES string of the molecule is CN(C(=O)C1Cc2nc[nH]c2CN1)C(C)(C)CO. The van der Waals surface area contributed by atoms with E-state index in [0.717, 1.165) is 11.4 Å². The lowest BCUT2D eigenvalue weighted by molar-refractivity contribution is -0.138. The van der Waals surface area contributed by atoms with E-state index in [0.29, 0.717) is 13.0 Å². The number of aliphatic hydroxyl groups excluding tert-OH is 1.